The van der Waals surface area contributed by atoms with Crippen molar-refractivity contribution in [1.82, 2.24) is 9.88 Å². The van der Waals surface area contributed by atoms with Gasteiger partial charge in [0.2, 0.25) is 0 Å². The zero-order valence-electron chi connectivity index (χ0n) is 14.2. The Morgan fingerprint density at radius 1 is 1.20 bits per heavy atom. The van der Waals surface area contributed by atoms with Crippen LogP contribution in [-0.2, 0) is 0 Å². The number of thiophene rings is 1. The van der Waals surface area contributed by atoms with Gasteiger partial charge >= 0.3 is 0 Å². The van der Waals surface area contributed by atoms with Gasteiger partial charge in [0.25, 0.3) is 5.91 Å². The molecule has 0 saturated carbocycles. The van der Waals surface area contributed by atoms with Crippen molar-refractivity contribution >= 4 is 59.9 Å². The van der Waals surface area contributed by atoms with Gasteiger partial charge in [-0.05, 0) is 42.7 Å². The molecule has 0 atom stereocenters. The Kier molecular flexibility index (Phi) is 6.22. The second kappa shape index (κ2) is 8.40. The van der Waals surface area contributed by atoms with Gasteiger partial charge in [-0.15, -0.1) is 11.3 Å². The Hall–Kier alpha value is -1.28. The van der Waals surface area contributed by atoms with Crippen LogP contribution < -0.4 is 4.90 Å². The average molecular weight is 438 g/mol. The average Bonchev–Trinajstić information content (AvgIpc) is 3.27. The zero-order valence-corrected chi connectivity index (χ0v) is 17.5. The van der Waals surface area contributed by atoms with E-state index in [1.165, 1.54) is 11.3 Å². The van der Waals surface area contributed by atoms with Gasteiger partial charge in [0.1, 0.15) is 0 Å². The molecule has 3 rings (SSSR count). The zero-order chi connectivity index (χ0) is 17.8. The summed E-state index contributed by atoms with van der Waals surface area (Å²) >= 11 is 6.54. The molecule has 0 aliphatic carbocycles. The van der Waals surface area contributed by atoms with Crippen LogP contribution in [0.2, 0.25) is 0 Å². The lowest BCUT2D eigenvalue weighted by Gasteiger charge is -2.24. The summed E-state index contributed by atoms with van der Waals surface area (Å²) in [6, 6.07) is 9.80. The largest absolute Gasteiger partial charge is 0.302 e. The van der Waals surface area contributed by atoms with Crippen LogP contribution in [0, 0.1) is 0 Å². The van der Waals surface area contributed by atoms with Crippen molar-refractivity contribution in [2.75, 3.05) is 31.1 Å². The molecular weight excluding hydrogens is 418 g/mol. The van der Waals surface area contributed by atoms with Gasteiger partial charge < -0.3 is 4.90 Å². The van der Waals surface area contributed by atoms with E-state index in [1.807, 2.05) is 34.5 Å². The summed E-state index contributed by atoms with van der Waals surface area (Å²) in [5, 5.41) is 2.70. The van der Waals surface area contributed by atoms with E-state index in [2.05, 4.69) is 40.7 Å². The lowest BCUT2D eigenvalue weighted by molar-refractivity contribution is 0.0987. The number of carbonyl (C=O) groups is 1. The molecule has 2 aromatic heterocycles. The number of halogens is 1. The highest BCUT2D eigenvalue weighted by Gasteiger charge is 2.22. The number of amides is 1. The second-order valence-corrected chi connectivity index (χ2v) is 8.44. The maximum atomic E-state index is 13.0. The number of hydrogen-bond acceptors (Lipinski definition) is 5. The van der Waals surface area contributed by atoms with Crippen LogP contribution in [0.3, 0.4) is 0 Å². The molecule has 0 N–H and O–H groups in total. The lowest BCUT2D eigenvalue weighted by atomic mass is 10.3. The highest BCUT2D eigenvalue weighted by molar-refractivity contribution is 9.10. The normalized spacial score (nSPS) is 11.4. The number of benzene rings is 1. The van der Waals surface area contributed by atoms with Crippen molar-refractivity contribution < 1.29 is 4.79 Å². The Labute approximate surface area is 164 Å². The summed E-state index contributed by atoms with van der Waals surface area (Å²) in [5.74, 6) is 0.0280. The first-order chi connectivity index (χ1) is 12.1. The van der Waals surface area contributed by atoms with E-state index in [0.29, 0.717) is 6.54 Å². The van der Waals surface area contributed by atoms with Crippen molar-refractivity contribution in [3.05, 3.63) is 45.1 Å². The number of thiazole rings is 1. The predicted molar refractivity (Wildman–Crippen MR) is 111 cm³/mol. The Balaban J connectivity index is 1.92. The second-order valence-electron chi connectivity index (χ2n) is 5.57. The molecule has 0 aliphatic heterocycles. The van der Waals surface area contributed by atoms with Gasteiger partial charge in [-0.3, -0.25) is 9.69 Å². The van der Waals surface area contributed by atoms with Crippen LogP contribution in [0.25, 0.3) is 10.2 Å². The number of rotatable bonds is 7. The highest BCUT2D eigenvalue weighted by atomic mass is 79.9. The first kappa shape index (κ1) is 18.5. The molecule has 4 nitrogen and oxygen atoms in total. The minimum absolute atomic E-state index is 0.0280. The van der Waals surface area contributed by atoms with Crippen LogP contribution in [0.4, 0.5) is 5.13 Å². The van der Waals surface area contributed by atoms with E-state index in [1.54, 1.807) is 11.3 Å². The highest BCUT2D eigenvalue weighted by Crippen LogP contribution is 2.32. The fourth-order valence-corrected chi connectivity index (χ4v) is 4.81. The SMILES string of the molecule is CCN(CC)CCN(C(=O)c1cccs1)c1nc2ccc(Br)cc2s1. The quantitative estimate of drug-likeness (QED) is 0.515. The van der Waals surface area contributed by atoms with E-state index in [0.717, 1.165) is 44.3 Å². The number of anilines is 1. The van der Waals surface area contributed by atoms with E-state index >= 15 is 0 Å². The third-order valence-corrected chi connectivity index (χ3v) is 6.47. The molecule has 0 radical (unpaired) electrons. The van der Waals surface area contributed by atoms with Gasteiger partial charge in [-0.2, -0.15) is 0 Å². The summed E-state index contributed by atoms with van der Waals surface area (Å²) in [5.41, 5.74) is 0.926. The molecule has 0 saturated heterocycles. The van der Waals surface area contributed by atoms with Gasteiger partial charge in [-0.1, -0.05) is 47.2 Å². The summed E-state index contributed by atoms with van der Waals surface area (Å²) in [4.78, 5) is 22.6. The molecule has 1 aromatic carbocycles. The summed E-state index contributed by atoms with van der Waals surface area (Å²) < 4.78 is 2.10. The molecule has 0 bridgehead atoms. The van der Waals surface area contributed by atoms with Gasteiger partial charge in [-0.25, -0.2) is 4.98 Å². The number of aromatic nitrogens is 1. The third kappa shape index (κ3) is 4.28. The Morgan fingerprint density at radius 3 is 2.68 bits per heavy atom. The number of nitrogens with zero attached hydrogens (tertiary/aromatic N) is 3. The minimum Gasteiger partial charge on any atom is -0.302 e. The Bertz CT molecular complexity index is 843. The molecule has 0 aliphatic rings. The van der Waals surface area contributed by atoms with Gasteiger partial charge in [0.15, 0.2) is 5.13 Å². The topological polar surface area (TPSA) is 36.4 Å². The van der Waals surface area contributed by atoms with Crippen LogP contribution >= 0.6 is 38.6 Å². The van der Waals surface area contributed by atoms with Crippen molar-refractivity contribution in [1.29, 1.82) is 0 Å². The van der Waals surface area contributed by atoms with Crippen molar-refractivity contribution in [2.24, 2.45) is 0 Å². The van der Waals surface area contributed by atoms with Crippen LogP contribution in [-0.4, -0.2) is 42.0 Å². The van der Waals surface area contributed by atoms with Crippen LogP contribution in [0.1, 0.15) is 23.5 Å². The van der Waals surface area contributed by atoms with E-state index in [-0.39, 0.29) is 5.91 Å². The standard InChI is InChI=1S/C18H20BrN3OS2/c1-3-21(4-2)9-10-22(17(23)15-6-5-11-24-15)18-20-14-8-7-13(19)12-16(14)25-18/h5-8,11-12H,3-4,9-10H2,1-2H3. The number of likely N-dealkylation sites (N-methyl/N-ethyl adjacent to an activating group) is 1. The van der Waals surface area contributed by atoms with Gasteiger partial charge in [0, 0.05) is 17.6 Å². The van der Waals surface area contributed by atoms with E-state index < -0.39 is 0 Å². The molecule has 0 spiro atoms. The monoisotopic (exact) mass is 437 g/mol. The minimum atomic E-state index is 0.0280. The third-order valence-electron chi connectivity index (χ3n) is 4.08. The molecule has 2 heterocycles. The van der Waals surface area contributed by atoms with Crippen LogP contribution in [0.15, 0.2) is 40.2 Å². The van der Waals surface area contributed by atoms with Crippen molar-refractivity contribution in [2.45, 2.75) is 13.8 Å². The number of carbonyl (C=O) groups excluding carboxylic acids is 1. The molecular formula is C18H20BrN3OS2. The summed E-state index contributed by atoms with van der Waals surface area (Å²) in [6.07, 6.45) is 0. The molecule has 7 heteroatoms. The molecule has 25 heavy (non-hydrogen) atoms. The Morgan fingerprint density at radius 2 is 2.00 bits per heavy atom. The molecule has 132 valence electrons. The maximum Gasteiger partial charge on any atom is 0.270 e. The number of hydrogen-bond donors (Lipinski definition) is 0. The maximum absolute atomic E-state index is 13.0. The summed E-state index contributed by atoms with van der Waals surface area (Å²) in [6.45, 7) is 7.71. The fourth-order valence-electron chi connectivity index (χ4n) is 2.60. The predicted octanol–water partition coefficient (Wildman–Crippen LogP) is 5.11. The summed E-state index contributed by atoms with van der Waals surface area (Å²) in [7, 11) is 0. The lowest BCUT2D eigenvalue weighted by Crippen LogP contribution is -2.38. The molecule has 3 aromatic rings. The van der Waals surface area contributed by atoms with Gasteiger partial charge in [0.05, 0.1) is 15.1 Å². The van der Waals surface area contributed by atoms with Crippen molar-refractivity contribution in [3.63, 3.8) is 0 Å². The molecule has 0 unspecified atom stereocenters. The molecule has 0 fully saturated rings. The molecule has 1 amide bonds. The van der Waals surface area contributed by atoms with Crippen LogP contribution in [0.5, 0.6) is 0 Å². The fraction of sp³-hybridized carbons (Fsp3) is 0.333. The first-order valence-electron chi connectivity index (χ1n) is 8.26. The van der Waals surface area contributed by atoms with E-state index in [4.69, 9.17) is 4.98 Å². The van der Waals surface area contributed by atoms with Crippen molar-refractivity contribution in [3.8, 4) is 0 Å². The smallest absolute Gasteiger partial charge is 0.270 e. The number of fused-ring (bicyclic) bond motifs is 1. The van der Waals surface area contributed by atoms with E-state index in [9.17, 15) is 4.79 Å². The first-order valence-corrected chi connectivity index (χ1v) is 10.7.